The zero-order chi connectivity index (χ0) is 6.57. The molecule has 0 N–H and O–H groups in total. The summed E-state index contributed by atoms with van der Waals surface area (Å²) in [7, 11) is 0. The summed E-state index contributed by atoms with van der Waals surface area (Å²) in [5, 5.41) is 0. The van der Waals surface area contributed by atoms with Crippen molar-refractivity contribution in [3.63, 3.8) is 0 Å². The summed E-state index contributed by atoms with van der Waals surface area (Å²) in [4.78, 5) is 3.68. The minimum atomic E-state index is 0.914. The monoisotopic (exact) mass is 109 g/mol. The lowest BCUT2D eigenvalue weighted by atomic mass is 10.3. The van der Waals surface area contributed by atoms with Crippen LogP contribution in [-0.2, 0) is 0 Å². The van der Waals surface area contributed by atoms with Crippen molar-refractivity contribution in [2.75, 3.05) is 0 Å². The molecule has 0 saturated carbocycles. The van der Waals surface area contributed by atoms with E-state index in [1.54, 1.807) is 0 Å². The summed E-state index contributed by atoms with van der Waals surface area (Å²) in [5.41, 5.74) is 1.92. The van der Waals surface area contributed by atoms with Gasteiger partial charge in [-0.3, -0.25) is 4.99 Å². The van der Waals surface area contributed by atoms with E-state index in [1.165, 1.54) is 0 Å². The third-order valence-electron chi connectivity index (χ3n) is 0.705. The average Bonchev–Trinajstić information content (AvgIpc) is 1.65. The van der Waals surface area contributed by atoms with Gasteiger partial charge in [0.25, 0.3) is 0 Å². The number of aliphatic imine (C=N–C) groups is 1. The smallest absolute Gasteiger partial charge is 0.0367 e. The van der Waals surface area contributed by atoms with Crippen LogP contribution >= 0.6 is 0 Å². The molecule has 0 atom stereocenters. The van der Waals surface area contributed by atoms with Crippen LogP contribution in [0.1, 0.15) is 13.8 Å². The molecule has 0 bridgehead atoms. The fourth-order valence-electron chi connectivity index (χ4n) is 0.402. The molecule has 0 spiro atoms. The van der Waals surface area contributed by atoms with Gasteiger partial charge in [0.15, 0.2) is 0 Å². The molecule has 0 aliphatic rings. The van der Waals surface area contributed by atoms with Crippen molar-refractivity contribution in [3.05, 3.63) is 23.9 Å². The number of nitrogens with zero attached hydrogens (tertiary/aromatic N) is 1. The van der Waals surface area contributed by atoms with Crippen LogP contribution in [0.5, 0.6) is 0 Å². The van der Waals surface area contributed by atoms with Crippen molar-refractivity contribution in [1.29, 1.82) is 0 Å². The highest BCUT2D eigenvalue weighted by molar-refractivity contribution is 5.30. The molecule has 0 rings (SSSR count). The van der Waals surface area contributed by atoms with E-state index < -0.39 is 0 Å². The van der Waals surface area contributed by atoms with Crippen molar-refractivity contribution in [1.82, 2.24) is 0 Å². The number of hydrogen-bond acceptors (Lipinski definition) is 1. The van der Waals surface area contributed by atoms with Crippen molar-refractivity contribution >= 4 is 6.72 Å². The molecule has 0 heterocycles. The third kappa shape index (κ3) is 3.34. The van der Waals surface area contributed by atoms with Gasteiger partial charge in [-0.25, -0.2) is 0 Å². The lowest BCUT2D eigenvalue weighted by Gasteiger charge is -1.87. The zero-order valence-corrected chi connectivity index (χ0v) is 5.44. The van der Waals surface area contributed by atoms with Gasteiger partial charge in [-0.2, -0.15) is 0 Å². The van der Waals surface area contributed by atoms with Gasteiger partial charge in [0, 0.05) is 5.70 Å². The Labute approximate surface area is 50.4 Å². The van der Waals surface area contributed by atoms with E-state index in [2.05, 4.69) is 18.3 Å². The van der Waals surface area contributed by atoms with E-state index >= 15 is 0 Å². The quantitative estimate of drug-likeness (QED) is 0.380. The van der Waals surface area contributed by atoms with E-state index in [4.69, 9.17) is 0 Å². The summed E-state index contributed by atoms with van der Waals surface area (Å²) < 4.78 is 0. The maximum absolute atomic E-state index is 3.68. The maximum Gasteiger partial charge on any atom is 0.0367 e. The lowest BCUT2D eigenvalue weighted by Crippen LogP contribution is -1.67. The van der Waals surface area contributed by atoms with E-state index in [0.717, 1.165) is 11.3 Å². The Kier molecular flexibility index (Phi) is 2.85. The van der Waals surface area contributed by atoms with Crippen molar-refractivity contribution in [2.45, 2.75) is 13.8 Å². The highest BCUT2D eigenvalue weighted by Gasteiger charge is 1.78. The predicted octanol–water partition coefficient (Wildman–Crippen LogP) is 2.17. The van der Waals surface area contributed by atoms with Crippen LogP contribution in [0.2, 0.25) is 0 Å². The Morgan fingerprint density at radius 3 is 2.12 bits per heavy atom. The Bertz CT molecular complexity index is 131. The topological polar surface area (TPSA) is 12.4 Å². The first-order chi connectivity index (χ1) is 3.66. The molecule has 0 aliphatic carbocycles. The van der Waals surface area contributed by atoms with Gasteiger partial charge in [0.2, 0.25) is 0 Å². The van der Waals surface area contributed by atoms with Crippen LogP contribution in [0, 0.1) is 0 Å². The van der Waals surface area contributed by atoms with Crippen LogP contribution < -0.4 is 0 Å². The molecule has 0 amide bonds. The zero-order valence-electron chi connectivity index (χ0n) is 5.44. The second kappa shape index (κ2) is 3.19. The second-order valence-corrected chi connectivity index (χ2v) is 1.79. The number of hydrogen-bond donors (Lipinski definition) is 0. The predicted molar refractivity (Wildman–Crippen MR) is 38.1 cm³/mol. The standard InChI is InChI=1S/C7H11N/c1-6(2)5-7(3)8-4/h5H,1,4H2,2-3H3/b7-5-. The molecule has 0 aromatic rings. The van der Waals surface area contributed by atoms with Crippen LogP contribution in [0.25, 0.3) is 0 Å². The van der Waals surface area contributed by atoms with Crippen LogP contribution in [-0.4, -0.2) is 6.72 Å². The molecule has 44 valence electrons. The van der Waals surface area contributed by atoms with Crippen molar-refractivity contribution in [2.24, 2.45) is 4.99 Å². The van der Waals surface area contributed by atoms with Gasteiger partial charge in [-0.15, -0.1) is 0 Å². The van der Waals surface area contributed by atoms with E-state index in [-0.39, 0.29) is 0 Å². The largest absolute Gasteiger partial charge is 0.269 e. The SMILES string of the molecule is C=N/C(C)=C\C(=C)C. The Hall–Kier alpha value is -0.850. The lowest BCUT2D eigenvalue weighted by molar-refractivity contribution is 1.30. The summed E-state index contributed by atoms with van der Waals surface area (Å²) in [6.45, 7) is 10.8. The van der Waals surface area contributed by atoms with Gasteiger partial charge in [0.1, 0.15) is 0 Å². The van der Waals surface area contributed by atoms with Crippen LogP contribution in [0.15, 0.2) is 28.9 Å². The third-order valence-corrected chi connectivity index (χ3v) is 0.705. The Balaban J connectivity index is 3.94. The van der Waals surface area contributed by atoms with Crippen molar-refractivity contribution < 1.29 is 0 Å². The first-order valence-corrected chi connectivity index (χ1v) is 2.47. The Morgan fingerprint density at radius 2 is 2.00 bits per heavy atom. The second-order valence-electron chi connectivity index (χ2n) is 1.79. The molecule has 8 heavy (non-hydrogen) atoms. The molecule has 0 aromatic heterocycles. The van der Waals surface area contributed by atoms with Crippen LogP contribution in [0.3, 0.4) is 0 Å². The summed E-state index contributed by atoms with van der Waals surface area (Å²) in [6.07, 6.45) is 1.88. The highest BCUT2D eigenvalue weighted by atomic mass is 14.7. The molecular weight excluding hydrogens is 98.1 g/mol. The van der Waals surface area contributed by atoms with E-state index in [0.29, 0.717) is 0 Å². The summed E-state index contributed by atoms with van der Waals surface area (Å²) in [6, 6.07) is 0. The maximum atomic E-state index is 3.68. The minimum absolute atomic E-state index is 0.914. The molecular formula is C7H11N. The first kappa shape index (κ1) is 7.15. The molecule has 0 saturated heterocycles. The van der Waals surface area contributed by atoms with Gasteiger partial charge in [0.05, 0.1) is 0 Å². The average molecular weight is 109 g/mol. The van der Waals surface area contributed by atoms with Gasteiger partial charge in [-0.05, 0) is 26.6 Å². The fraction of sp³-hybridized carbons (Fsp3) is 0.286. The van der Waals surface area contributed by atoms with Crippen LogP contribution in [0.4, 0.5) is 0 Å². The molecule has 0 aliphatic heterocycles. The minimum Gasteiger partial charge on any atom is -0.269 e. The van der Waals surface area contributed by atoms with E-state index in [1.807, 2.05) is 19.9 Å². The van der Waals surface area contributed by atoms with Gasteiger partial charge >= 0.3 is 0 Å². The summed E-state index contributed by atoms with van der Waals surface area (Å²) in [5.74, 6) is 0. The fourth-order valence-corrected chi connectivity index (χ4v) is 0.402. The number of allylic oxidation sites excluding steroid dienone is 3. The molecule has 1 nitrogen and oxygen atoms in total. The summed E-state index contributed by atoms with van der Waals surface area (Å²) >= 11 is 0. The number of rotatable bonds is 2. The molecule has 0 fully saturated rings. The Morgan fingerprint density at radius 1 is 1.50 bits per heavy atom. The molecule has 0 aromatic carbocycles. The molecule has 0 unspecified atom stereocenters. The van der Waals surface area contributed by atoms with Crippen molar-refractivity contribution in [3.8, 4) is 0 Å². The first-order valence-electron chi connectivity index (χ1n) is 2.47. The normalized spacial score (nSPS) is 11.0. The highest BCUT2D eigenvalue weighted by Crippen LogP contribution is 1.97. The van der Waals surface area contributed by atoms with Gasteiger partial charge in [-0.1, -0.05) is 12.2 Å². The van der Waals surface area contributed by atoms with E-state index in [9.17, 15) is 0 Å². The molecule has 0 radical (unpaired) electrons. The molecule has 1 heteroatoms. The van der Waals surface area contributed by atoms with Gasteiger partial charge < -0.3 is 0 Å².